The molecule has 25 nitrogen and oxygen atoms in total. The van der Waals surface area contributed by atoms with Crippen molar-refractivity contribution in [2.75, 3.05) is 73.3 Å². The largest absolute Gasteiger partial charge is 0.495 e. The number of rotatable bonds is 16. The topological polar surface area (TPSA) is 210 Å². The highest BCUT2D eigenvalue weighted by Crippen LogP contribution is 2.38. The molecule has 0 spiro atoms. The van der Waals surface area contributed by atoms with Crippen LogP contribution in [0.1, 0.15) is 114 Å². The van der Waals surface area contributed by atoms with Crippen LogP contribution >= 0.6 is 0 Å². The number of aromatic nitrogens is 8. The van der Waals surface area contributed by atoms with E-state index in [4.69, 9.17) is 43.7 Å². The molecule has 4 aromatic heterocycles. The number of hydrogen-bond acceptors (Lipinski definition) is 21. The molecule has 4 saturated heterocycles. The Balaban J connectivity index is 0.000000122. The Labute approximate surface area is 758 Å². The molecule has 8 aromatic carbocycles. The second kappa shape index (κ2) is 38.9. The smallest absolute Gasteiger partial charge is 0.191 e. The van der Waals surface area contributed by atoms with Gasteiger partial charge >= 0.3 is 0 Å². The first kappa shape index (κ1) is 87.4. The van der Waals surface area contributed by atoms with Gasteiger partial charge in [-0.15, -0.1) is 0 Å². The van der Waals surface area contributed by atoms with Crippen LogP contribution in [0.25, 0.3) is 64.1 Å². The van der Waals surface area contributed by atoms with Crippen molar-refractivity contribution in [1.29, 1.82) is 0 Å². The first-order chi connectivity index (χ1) is 63.7. The Kier molecular flexibility index (Phi) is 25.9. The molecule has 131 heavy (non-hydrogen) atoms. The lowest BCUT2D eigenvalue weighted by Crippen LogP contribution is -2.51. The molecule has 12 heterocycles. The van der Waals surface area contributed by atoms with E-state index in [9.17, 15) is 17.6 Å². The number of anilines is 1. The van der Waals surface area contributed by atoms with Crippen molar-refractivity contribution in [2.45, 2.75) is 80.1 Å². The van der Waals surface area contributed by atoms with Gasteiger partial charge in [-0.2, -0.15) is 0 Å². The second-order valence-electron chi connectivity index (χ2n) is 32.3. The fraction of sp³-hybridized carbons (Fsp3) is 0.216. The number of hydrogen-bond donors (Lipinski definition) is 2. The average Bonchev–Trinajstić information content (AvgIpc) is 1.01. The molecule has 20 rings (SSSR count). The molecular weight excluding hydrogens is 1660 g/mol. The lowest BCUT2D eigenvalue weighted by Gasteiger charge is -2.42. The van der Waals surface area contributed by atoms with Gasteiger partial charge in [0.1, 0.15) is 64.5 Å². The Morgan fingerprint density at radius 1 is 0.397 bits per heavy atom. The molecule has 2 N–H and O–H groups in total. The van der Waals surface area contributed by atoms with E-state index in [1.807, 2.05) is 181 Å². The van der Waals surface area contributed by atoms with Crippen molar-refractivity contribution in [3.05, 3.63) is 357 Å². The summed E-state index contributed by atoms with van der Waals surface area (Å²) in [5.41, 5.74) is 30.1. The minimum absolute atomic E-state index is 0.241. The molecule has 8 aliphatic rings. The van der Waals surface area contributed by atoms with E-state index >= 15 is 0 Å². The van der Waals surface area contributed by atoms with Crippen molar-refractivity contribution in [3.63, 3.8) is 0 Å². The van der Waals surface area contributed by atoms with Crippen molar-refractivity contribution < 1.29 is 41.2 Å². The van der Waals surface area contributed by atoms with Crippen LogP contribution < -0.4 is 34.8 Å². The predicted molar refractivity (Wildman–Crippen MR) is 506 cm³/mol. The number of morpholine rings is 1. The van der Waals surface area contributed by atoms with Crippen LogP contribution in [-0.4, -0.2) is 155 Å². The van der Waals surface area contributed by atoms with E-state index in [2.05, 4.69) is 87.3 Å². The molecule has 0 saturated carbocycles. The molecule has 29 heteroatoms. The van der Waals surface area contributed by atoms with Gasteiger partial charge < -0.3 is 42.0 Å². The monoisotopic (exact) mass is 1760 g/mol. The second-order valence-corrected chi connectivity index (χ2v) is 32.3. The van der Waals surface area contributed by atoms with Crippen LogP contribution in [0.3, 0.4) is 0 Å². The fourth-order valence-electron chi connectivity index (χ4n) is 16.6. The molecule has 0 bridgehead atoms. The van der Waals surface area contributed by atoms with Gasteiger partial charge in [-0.05, 0) is 289 Å². The highest BCUT2D eigenvalue weighted by molar-refractivity contribution is 6.07. The van der Waals surface area contributed by atoms with Crippen molar-refractivity contribution >= 4 is 70.4 Å². The van der Waals surface area contributed by atoms with E-state index in [1.165, 1.54) is 59.7 Å². The maximum absolute atomic E-state index is 13.5. The van der Waals surface area contributed by atoms with Gasteiger partial charge in [0.25, 0.3) is 0 Å². The van der Waals surface area contributed by atoms with E-state index < -0.39 is 0 Å². The summed E-state index contributed by atoms with van der Waals surface area (Å²) in [4.78, 5) is 36.4. The Morgan fingerprint density at radius 3 is 1.25 bits per heavy atom. The molecule has 12 aromatic rings. The van der Waals surface area contributed by atoms with Gasteiger partial charge in [0.05, 0.1) is 152 Å². The number of aliphatic imine (C=N–C) groups is 4. The van der Waals surface area contributed by atoms with Crippen LogP contribution in [0.2, 0.25) is 0 Å². The number of imidazole rings is 4. The van der Waals surface area contributed by atoms with Gasteiger partial charge in [0.2, 0.25) is 0 Å². The third-order valence-corrected chi connectivity index (χ3v) is 23.1. The zero-order chi connectivity index (χ0) is 90.9. The number of methoxy groups -OCH3 is 4. The minimum Gasteiger partial charge on any atom is -0.495 e. The molecule has 0 atom stereocenters. The normalized spacial score (nSPS) is 16.9. The third-order valence-electron chi connectivity index (χ3n) is 23.1. The third kappa shape index (κ3) is 19.7. The number of benzene rings is 8. The minimum atomic E-state index is -0.267. The standard InChI is InChI=1S/2C26H26FN5O.C25H24FN5O2.C25H24FN5O/c1-18-16-31(17-29-18)23-11-6-19(14-25(23)33-3)13-21-5-4-12-32-26(21)28-15-24(30(32)2)20-7-9-22(27)10-8-20;1-17-15-31(16-28-17)23-11-6-19(14-24(23)33-3)13-21-5-4-12-32-26(21)29-18(2)25(30-32)20-7-9-22(27)10-8-20;1-17-14-29(16-27-17)22-9-4-19(12-23(22)32-3)13-24-25-28-18(2)15-31(30(25)10-11-33-24)21-7-5-20(26)6-8-21;1-17-15-30(16-28-17)23-10-5-18(13-24(23)32-2)12-20-4-3-11-31-25(20)27-14-22(29-31)19-6-8-21(26)9-7-19/h6-11,13-17H,4-5,12H2,1-3H3;6-11,13-16,30H,4-5,12H2,1-3H3;4-9,12-16H,10-11H2,1-3H3;5-10,12-16,29H,3-4,11H2,1-2H3/b2*21-13+;24-13-;20-12+. The van der Waals surface area contributed by atoms with Crippen molar-refractivity contribution in [2.24, 2.45) is 20.0 Å². The predicted octanol–water partition coefficient (Wildman–Crippen LogP) is 19.6. The summed E-state index contributed by atoms with van der Waals surface area (Å²) in [7, 11) is 8.72. The molecule has 8 aliphatic heterocycles. The molecule has 0 unspecified atom stereocenters. The number of piperidine rings is 3. The highest BCUT2D eigenvalue weighted by Gasteiger charge is 2.34. The maximum Gasteiger partial charge on any atom is 0.191 e. The zero-order valence-electron chi connectivity index (χ0n) is 74.7. The number of fused-ring (bicyclic) bond motifs is 4. The van der Waals surface area contributed by atoms with Gasteiger partial charge in [0.15, 0.2) is 17.4 Å². The van der Waals surface area contributed by atoms with Gasteiger partial charge in [-0.3, -0.25) is 40.9 Å². The maximum atomic E-state index is 13.5. The number of amidine groups is 4. The van der Waals surface area contributed by atoms with Crippen molar-refractivity contribution in [3.8, 4) is 45.7 Å². The van der Waals surface area contributed by atoms with Crippen LogP contribution in [0.5, 0.6) is 23.0 Å². The number of hydrazine groups is 4. The summed E-state index contributed by atoms with van der Waals surface area (Å²) < 4.78 is 89.9. The summed E-state index contributed by atoms with van der Waals surface area (Å²) in [5.74, 6) is 6.24. The zero-order valence-corrected chi connectivity index (χ0v) is 74.7. The van der Waals surface area contributed by atoms with E-state index in [-0.39, 0.29) is 23.3 Å². The lowest BCUT2D eigenvalue weighted by molar-refractivity contribution is 0.139. The molecule has 0 amide bonds. The SMILES string of the molecule is COc1cc(/C=C2\CCCN3C2=NC=C(c2ccc(F)cc2)N3C)ccc1-n1cnc(C)c1.COc1cc(/C=C2\CCCN3NC(c4ccc(F)cc4)=C(C)N=C23)ccc1-n1cnc(C)c1.COc1cc(/C=C2\CCCN3NC(c4ccc(F)cc4)=CN=C23)ccc1-n1cnc(C)c1.COc1cc(/C=C2\OCCN3C2=NC(C)=CN3c2ccc(F)cc2)ccc1-n1cnc(C)c1. The van der Waals surface area contributed by atoms with E-state index in [1.54, 1.807) is 102 Å². The fourth-order valence-corrected chi connectivity index (χ4v) is 16.6. The van der Waals surface area contributed by atoms with Crippen LogP contribution in [-0.2, 0) is 4.74 Å². The molecule has 666 valence electrons. The first-order valence-corrected chi connectivity index (χ1v) is 43.2. The van der Waals surface area contributed by atoms with Crippen LogP contribution in [0.4, 0.5) is 23.2 Å². The number of ether oxygens (including phenoxy) is 5. The number of allylic oxidation sites excluding steroid dienone is 2. The molecule has 0 radical (unpaired) electrons. The Hall–Kier alpha value is -15.7. The quantitative estimate of drug-likeness (QED) is 0.0862. The highest BCUT2D eigenvalue weighted by atomic mass is 19.1. The van der Waals surface area contributed by atoms with Crippen LogP contribution in [0.15, 0.2) is 292 Å². The first-order valence-electron chi connectivity index (χ1n) is 43.2. The summed E-state index contributed by atoms with van der Waals surface area (Å²) in [6.45, 7) is 15.5. The molecule has 0 aliphatic carbocycles. The summed E-state index contributed by atoms with van der Waals surface area (Å²) >= 11 is 0. The van der Waals surface area contributed by atoms with Gasteiger partial charge in [-0.1, -0.05) is 24.3 Å². The summed E-state index contributed by atoms with van der Waals surface area (Å²) in [5, 5.41) is 12.5. The van der Waals surface area contributed by atoms with Gasteiger partial charge in [-0.25, -0.2) is 57.5 Å². The molecule has 4 fully saturated rings. The summed E-state index contributed by atoms with van der Waals surface area (Å²) in [6.07, 6.45) is 35.0. The average molecular weight is 1760 g/mol. The van der Waals surface area contributed by atoms with Crippen LogP contribution in [0, 0.1) is 51.0 Å². The summed E-state index contributed by atoms with van der Waals surface area (Å²) in [6, 6.07) is 50.3. The van der Waals surface area contributed by atoms with E-state index in [0.29, 0.717) is 24.7 Å². The number of aryl methyl sites for hydroxylation is 4. The van der Waals surface area contributed by atoms with Crippen molar-refractivity contribution in [1.82, 2.24) is 74.1 Å². The molecular formula is C102H100F4N20O5. The Bertz CT molecular complexity index is 6560. The number of nitrogens with one attached hydrogen (secondary N) is 2. The number of nitrogens with zero attached hydrogens (tertiary/aromatic N) is 18. The van der Waals surface area contributed by atoms with E-state index in [0.717, 1.165) is 223 Å². The van der Waals surface area contributed by atoms with Gasteiger partial charge in [0, 0.05) is 74.4 Å². The number of halogens is 4. The Morgan fingerprint density at radius 2 is 0.802 bits per heavy atom. The lowest BCUT2D eigenvalue weighted by atomic mass is 10.00.